The van der Waals surface area contributed by atoms with Crippen molar-refractivity contribution in [3.8, 4) is 28.6 Å². The number of benzene rings is 2. The third-order valence-corrected chi connectivity index (χ3v) is 5.83. The third-order valence-electron chi connectivity index (χ3n) is 4.90. The Kier molecular flexibility index (Phi) is 7.74. The Bertz CT molecular complexity index is 1320. The summed E-state index contributed by atoms with van der Waals surface area (Å²) in [5, 5.41) is 23.0. The SMILES string of the molecule is CCOc1ccc(-n2c(SCC(=O)N/N=C(\C)c3cccc(O)c3)nnc2-c2cccnc2)cc1. The van der Waals surface area contributed by atoms with Crippen molar-refractivity contribution in [1.29, 1.82) is 0 Å². The lowest BCUT2D eigenvalue weighted by Gasteiger charge is -2.11. The predicted octanol–water partition coefficient (Wildman–Crippen LogP) is 4.07. The Hall–Kier alpha value is -4.18. The number of hydrogen-bond acceptors (Lipinski definition) is 8. The Morgan fingerprint density at radius 2 is 1.97 bits per heavy atom. The quantitative estimate of drug-likeness (QED) is 0.207. The summed E-state index contributed by atoms with van der Waals surface area (Å²) in [4.78, 5) is 16.7. The van der Waals surface area contributed by atoms with Crippen LogP contribution in [-0.4, -0.2) is 48.8 Å². The lowest BCUT2D eigenvalue weighted by molar-refractivity contribution is -0.118. The highest BCUT2D eigenvalue weighted by Crippen LogP contribution is 2.28. The van der Waals surface area contributed by atoms with Gasteiger partial charge in [-0.05, 0) is 62.4 Å². The monoisotopic (exact) mass is 488 g/mol. The van der Waals surface area contributed by atoms with Crippen LogP contribution in [0.4, 0.5) is 0 Å². The molecule has 0 fully saturated rings. The van der Waals surface area contributed by atoms with E-state index in [2.05, 4.69) is 25.7 Å². The van der Waals surface area contributed by atoms with E-state index in [1.54, 1.807) is 43.6 Å². The molecule has 2 N–H and O–H groups in total. The zero-order valence-electron chi connectivity index (χ0n) is 19.3. The smallest absolute Gasteiger partial charge is 0.250 e. The Morgan fingerprint density at radius 3 is 2.69 bits per heavy atom. The maximum atomic E-state index is 12.5. The number of hydrazone groups is 1. The minimum absolute atomic E-state index is 0.0824. The third kappa shape index (κ3) is 6.04. The number of carbonyl (C=O) groups excluding carboxylic acids is 1. The van der Waals surface area contributed by atoms with Crippen molar-refractivity contribution in [2.24, 2.45) is 5.10 Å². The van der Waals surface area contributed by atoms with E-state index in [0.717, 1.165) is 17.0 Å². The molecule has 0 bridgehead atoms. The molecule has 0 unspecified atom stereocenters. The van der Waals surface area contributed by atoms with E-state index >= 15 is 0 Å². The molecule has 35 heavy (non-hydrogen) atoms. The molecule has 0 radical (unpaired) electrons. The molecule has 2 aromatic carbocycles. The number of hydrogen-bond donors (Lipinski definition) is 2. The molecule has 2 heterocycles. The average Bonchev–Trinajstić information content (AvgIpc) is 3.31. The number of aromatic hydroxyl groups is 1. The molecule has 0 atom stereocenters. The number of nitrogens with one attached hydrogen (secondary N) is 1. The van der Waals surface area contributed by atoms with E-state index in [0.29, 0.717) is 28.9 Å². The van der Waals surface area contributed by atoms with E-state index in [4.69, 9.17) is 4.74 Å². The normalized spacial score (nSPS) is 11.3. The summed E-state index contributed by atoms with van der Waals surface area (Å²) in [5.41, 5.74) is 5.48. The van der Waals surface area contributed by atoms with Crippen molar-refractivity contribution < 1.29 is 14.6 Å². The number of nitrogens with zero attached hydrogens (tertiary/aromatic N) is 5. The number of thioether (sulfide) groups is 1. The molecule has 0 spiro atoms. The summed E-state index contributed by atoms with van der Waals surface area (Å²) < 4.78 is 7.43. The number of rotatable bonds is 9. The number of pyridine rings is 1. The molecule has 4 aromatic rings. The molecular formula is C25H24N6O3S. The van der Waals surface area contributed by atoms with Crippen LogP contribution in [0.1, 0.15) is 19.4 Å². The molecular weight excluding hydrogens is 464 g/mol. The van der Waals surface area contributed by atoms with Crippen molar-refractivity contribution in [2.45, 2.75) is 19.0 Å². The Labute approximate surface area is 206 Å². The molecule has 1 amide bonds. The Balaban J connectivity index is 1.52. The summed E-state index contributed by atoms with van der Waals surface area (Å²) in [6.45, 7) is 4.27. The van der Waals surface area contributed by atoms with Crippen LogP contribution < -0.4 is 10.2 Å². The maximum absolute atomic E-state index is 12.5. The molecule has 178 valence electrons. The van der Waals surface area contributed by atoms with E-state index < -0.39 is 0 Å². The van der Waals surface area contributed by atoms with Crippen molar-refractivity contribution >= 4 is 23.4 Å². The van der Waals surface area contributed by atoms with Gasteiger partial charge in [-0.1, -0.05) is 23.9 Å². The van der Waals surface area contributed by atoms with Crippen molar-refractivity contribution in [1.82, 2.24) is 25.2 Å². The first-order valence-corrected chi connectivity index (χ1v) is 11.9. The average molecular weight is 489 g/mol. The number of ether oxygens (including phenoxy) is 1. The molecule has 0 aliphatic rings. The molecule has 10 heteroatoms. The largest absolute Gasteiger partial charge is 0.508 e. The minimum atomic E-state index is -0.293. The van der Waals surface area contributed by atoms with Crippen LogP contribution in [0.15, 0.2) is 83.3 Å². The van der Waals surface area contributed by atoms with Crippen LogP contribution in [0.25, 0.3) is 17.1 Å². The summed E-state index contributed by atoms with van der Waals surface area (Å²) >= 11 is 1.25. The second-order valence-electron chi connectivity index (χ2n) is 7.38. The molecule has 4 rings (SSSR count). The highest BCUT2D eigenvalue weighted by molar-refractivity contribution is 7.99. The van der Waals surface area contributed by atoms with E-state index in [9.17, 15) is 9.90 Å². The molecule has 9 nitrogen and oxygen atoms in total. The van der Waals surface area contributed by atoms with Crippen LogP contribution in [0.3, 0.4) is 0 Å². The number of aromatic nitrogens is 4. The number of phenolic OH excluding ortho intramolecular Hbond substituents is 1. The zero-order valence-corrected chi connectivity index (χ0v) is 20.1. The molecule has 0 aliphatic heterocycles. The second kappa shape index (κ2) is 11.3. The van der Waals surface area contributed by atoms with Crippen molar-refractivity contribution in [2.75, 3.05) is 12.4 Å². The van der Waals surface area contributed by atoms with Gasteiger partial charge in [-0.3, -0.25) is 14.3 Å². The van der Waals surface area contributed by atoms with Crippen molar-refractivity contribution in [3.05, 3.63) is 78.6 Å². The van der Waals surface area contributed by atoms with Crippen LogP contribution in [0, 0.1) is 0 Å². The summed E-state index contributed by atoms with van der Waals surface area (Å²) in [6.07, 6.45) is 3.41. The zero-order chi connectivity index (χ0) is 24.6. The van der Waals surface area contributed by atoms with E-state index in [1.807, 2.05) is 47.9 Å². The number of carbonyl (C=O) groups is 1. The van der Waals surface area contributed by atoms with E-state index in [1.165, 1.54) is 11.8 Å². The van der Waals surface area contributed by atoms with Crippen molar-refractivity contribution in [3.63, 3.8) is 0 Å². The number of phenols is 1. The highest BCUT2D eigenvalue weighted by Gasteiger charge is 2.17. The van der Waals surface area contributed by atoms with Gasteiger partial charge in [0.05, 0.1) is 18.1 Å². The van der Waals surface area contributed by atoms with Crippen LogP contribution in [-0.2, 0) is 4.79 Å². The molecule has 0 saturated carbocycles. The van der Waals surface area contributed by atoms with Gasteiger partial charge in [0, 0.05) is 29.2 Å². The lowest BCUT2D eigenvalue weighted by Crippen LogP contribution is -2.21. The summed E-state index contributed by atoms with van der Waals surface area (Å²) in [5.74, 6) is 1.30. The second-order valence-corrected chi connectivity index (χ2v) is 8.32. The van der Waals surface area contributed by atoms with Gasteiger partial charge in [0.2, 0.25) is 0 Å². The van der Waals surface area contributed by atoms with Crippen LogP contribution >= 0.6 is 11.8 Å². The first-order valence-electron chi connectivity index (χ1n) is 10.9. The summed E-state index contributed by atoms with van der Waals surface area (Å²) in [7, 11) is 0. The van der Waals surface area contributed by atoms with Gasteiger partial charge in [-0.2, -0.15) is 5.10 Å². The standard InChI is InChI=1S/C25H24N6O3S/c1-3-34-22-11-9-20(10-12-22)31-24(19-7-5-13-26-15-19)29-30-25(31)35-16-23(33)28-27-17(2)18-6-4-8-21(32)14-18/h4-15,32H,3,16H2,1-2H3,(H,28,33)/b27-17+. The molecule has 0 saturated heterocycles. The first-order chi connectivity index (χ1) is 17.0. The Morgan fingerprint density at radius 1 is 1.14 bits per heavy atom. The van der Waals surface area contributed by atoms with E-state index in [-0.39, 0.29) is 17.4 Å². The van der Waals surface area contributed by atoms with Gasteiger partial charge in [0.15, 0.2) is 11.0 Å². The first kappa shape index (κ1) is 24.0. The predicted molar refractivity (Wildman–Crippen MR) is 135 cm³/mol. The lowest BCUT2D eigenvalue weighted by atomic mass is 10.1. The topological polar surface area (TPSA) is 115 Å². The van der Waals surface area contributed by atoms with Gasteiger partial charge >= 0.3 is 0 Å². The fraction of sp³-hybridized carbons (Fsp3) is 0.160. The molecule has 0 aliphatic carbocycles. The van der Waals surface area contributed by atoms with Crippen LogP contribution in [0.2, 0.25) is 0 Å². The highest BCUT2D eigenvalue weighted by atomic mass is 32.2. The molecule has 2 aromatic heterocycles. The fourth-order valence-electron chi connectivity index (χ4n) is 3.24. The number of amides is 1. The van der Waals surface area contributed by atoms with Gasteiger partial charge in [0.25, 0.3) is 5.91 Å². The van der Waals surface area contributed by atoms with Gasteiger partial charge in [-0.25, -0.2) is 5.43 Å². The maximum Gasteiger partial charge on any atom is 0.250 e. The fourth-order valence-corrected chi connectivity index (χ4v) is 3.98. The van der Waals surface area contributed by atoms with Gasteiger partial charge in [0.1, 0.15) is 11.5 Å². The minimum Gasteiger partial charge on any atom is -0.508 e. The van der Waals surface area contributed by atoms with Crippen LogP contribution in [0.5, 0.6) is 11.5 Å². The summed E-state index contributed by atoms with van der Waals surface area (Å²) in [6, 6.07) is 18.0. The van der Waals surface area contributed by atoms with Gasteiger partial charge < -0.3 is 9.84 Å². The van der Waals surface area contributed by atoms with Gasteiger partial charge in [-0.15, -0.1) is 10.2 Å².